The summed E-state index contributed by atoms with van der Waals surface area (Å²) in [5.74, 6) is 0.0183. The van der Waals surface area contributed by atoms with Crippen LogP contribution >= 0.6 is 0 Å². The van der Waals surface area contributed by atoms with Gasteiger partial charge in [-0.15, -0.1) is 0 Å². The largest absolute Gasteiger partial charge is 0.371 e. The van der Waals surface area contributed by atoms with Crippen LogP contribution in [0.4, 0.5) is 0 Å². The Morgan fingerprint density at radius 3 is 2.73 bits per heavy atom. The number of ether oxygens (including phenoxy) is 1. The number of nitrogens with zero attached hydrogens (tertiary/aromatic N) is 1. The molecule has 0 aromatic heterocycles. The van der Waals surface area contributed by atoms with Crippen LogP contribution in [0, 0.1) is 6.92 Å². The van der Waals surface area contributed by atoms with E-state index in [4.69, 9.17) is 4.74 Å². The van der Waals surface area contributed by atoms with E-state index >= 15 is 0 Å². The molecule has 2 aromatic rings. The molecule has 0 saturated carbocycles. The molecule has 0 spiro atoms. The lowest BCUT2D eigenvalue weighted by Crippen LogP contribution is -2.42. The van der Waals surface area contributed by atoms with Gasteiger partial charge in [0.05, 0.1) is 18.5 Å². The number of benzene rings is 2. The Bertz CT molecular complexity index is 809. The van der Waals surface area contributed by atoms with Crippen LogP contribution in [0.5, 0.6) is 0 Å². The minimum absolute atomic E-state index is 0.0183. The SMILES string of the molecule is Cc1cccc(CS(=O)(=O)NCCN2CCOC(c3ccccc3)C2)c1. The monoisotopic (exact) mass is 374 g/mol. The van der Waals surface area contributed by atoms with Crippen molar-refractivity contribution in [3.63, 3.8) is 0 Å². The smallest absolute Gasteiger partial charge is 0.215 e. The normalized spacial score (nSPS) is 18.7. The Kier molecular flexibility index (Phi) is 6.43. The van der Waals surface area contributed by atoms with E-state index in [9.17, 15) is 8.42 Å². The minimum Gasteiger partial charge on any atom is -0.371 e. The second kappa shape index (κ2) is 8.77. The number of aryl methyl sites for hydroxylation is 1. The lowest BCUT2D eigenvalue weighted by molar-refractivity contribution is -0.0291. The highest BCUT2D eigenvalue weighted by atomic mass is 32.2. The maximum Gasteiger partial charge on any atom is 0.215 e. The number of sulfonamides is 1. The van der Waals surface area contributed by atoms with Gasteiger partial charge in [-0.1, -0.05) is 60.2 Å². The van der Waals surface area contributed by atoms with Gasteiger partial charge in [-0.3, -0.25) is 4.90 Å². The van der Waals surface area contributed by atoms with Gasteiger partial charge in [0, 0.05) is 26.2 Å². The van der Waals surface area contributed by atoms with E-state index in [2.05, 4.69) is 21.8 Å². The van der Waals surface area contributed by atoms with E-state index < -0.39 is 10.0 Å². The lowest BCUT2D eigenvalue weighted by atomic mass is 10.1. The summed E-state index contributed by atoms with van der Waals surface area (Å²) in [5, 5.41) is 0. The fraction of sp³-hybridized carbons (Fsp3) is 0.400. The average molecular weight is 375 g/mol. The van der Waals surface area contributed by atoms with Gasteiger partial charge >= 0.3 is 0 Å². The number of rotatable bonds is 7. The Morgan fingerprint density at radius 2 is 1.96 bits per heavy atom. The Hall–Kier alpha value is -1.73. The van der Waals surface area contributed by atoms with Crippen LogP contribution in [0.25, 0.3) is 0 Å². The highest BCUT2D eigenvalue weighted by molar-refractivity contribution is 7.88. The first-order valence-electron chi connectivity index (χ1n) is 8.94. The molecule has 3 rings (SSSR count). The molecular formula is C20H26N2O3S. The summed E-state index contributed by atoms with van der Waals surface area (Å²) in [7, 11) is -3.33. The summed E-state index contributed by atoms with van der Waals surface area (Å²) in [6.07, 6.45) is 0.0499. The summed E-state index contributed by atoms with van der Waals surface area (Å²) >= 11 is 0. The van der Waals surface area contributed by atoms with Gasteiger partial charge in [-0.25, -0.2) is 13.1 Å². The molecule has 1 N–H and O–H groups in total. The Morgan fingerprint density at radius 1 is 1.15 bits per heavy atom. The predicted molar refractivity (Wildman–Crippen MR) is 103 cm³/mol. The molecule has 6 heteroatoms. The second-order valence-electron chi connectivity index (χ2n) is 6.71. The third-order valence-corrected chi connectivity index (χ3v) is 5.87. The number of nitrogens with one attached hydrogen (secondary N) is 1. The van der Waals surface area contributed by atoms with Gasteiger partial charge in [0.25, 0.3) is 0 Å². The van der Waals surface area contributed by atoms with Crippen molar-refractivity contribution < 1.29 is 13.2 Å². The number of morpholine rings is 1. The highest BCUT2D eigenvalue weighted by Crippen LogP contribution is 2.21. The summed E-state index contributed by atoms with van der Waals surface area (Å²) in [6.45, 7) is 5.32. The van der Waals surface area contributed by atoms with Crippen LogP contribution in [-0.2, 0) is 20.5 Å². The van der Waals surface area contributed by atoms with Gasteiger partial charge in [0.1, 0.15) is 0 Å². The quantitative estimate of drug-likeness (QED) is 0.809. The number of hydrogen-bond donors (Lipinski definition) is 1. The van der Waals surface area contributed by atoms with E-state index in [0.717, 1.165) is 29.8 Å². The molecule has 26 heavy (non-hydrogen) atoms. The fourth-order valence-electron chi connectivity index (χ4n) is 3.21. The maximum atomic E-state index is 12.3. The molecule has 5 nitrogen and oxygen atoms in total. The molecule has 1 aliphatic heterocycles. The van der Waals surface area contributed by atoms with Crippen LogP contribution < -0.4 is 4.72 Å². The van der Waals surface area contributed by atoms with Crippen molar-refractivity contribution in [1.82, 2.24) is 9.62 Å². The summed E-state index contributed by atoms with van der Waals surface area (Å²) in [4.78, 5) is 2.25. The van der Waals surface area contributed by atoms with Crippen molar-refractivity contribution in [2.75, 3.05) is 32.8 Å². The topological polar surface area (TPSA) is 58.6 Å². The first-order chi connectivity index (χ1) is 12.5. The van der Waals surface area contributed by atoms with E-state index in [-0.39, 0.29) is 11.9 Å². The summed E-state index contributed by atoms with van der Waals surface area (Å²) < 4.78 is 33.1. The van der Waals surface area contributed by atoms with Gasteiger partial charge in [-0.2, -0.15) is 0 Å². The van der Waals surface area contributed by atoms with Crippen molar-refractivity contribution in [1.29, 1.82) is 0 Å². The number of hydrogen-bond acceptors (Lipinski definition) is 4. The molecule has 1 aliphatic rings. The third kappa shape index (κ3) is 5.64. The van der Waals surface area contributed by atoms with Crippen molar-refractivity contribution in [2.45, 2.75) is 18.8 Å². The standard InChI is InChI=1S/C20H26N2O3S/c1-17-6-5-7-18(14-17)16-26(23,24)21-10-11-22-12-13-25-20(15-22)19-8-3-2-4-9-19/h2-9,14,20-21H,10-13,15-16H2,1H3. The molecule has 1 fully saturated rings. The van der Waals surface area contributed by atoms with E-state index in [1.54, 1.807) is 0 Å². The minimum atomic E-state index is -3.33. The Labute approximate surface area is 156 Å². The molecule has 1 unspecified atom stereocenters. The van der Waals surface area contributed by atoms with Crippen LogP contribution in [0.2, 0.25) is 0 Å². The van der Waals surface area contributed by atoms with Crippen molar-refractivity contribution in [3.05, 3.63) is 71.3 Å². The van der Waals surface area contributed by atoms with Gasteiger partial charge in [0.15, 0.2) is 0 Å². The molecule has 0 radical (unpaired) electrons. The molecule has 0 amide bonds. The summed E-state index contributed by atoms with van der Waals surface area (Å²) in [6, 6.07) is 17.8. The molecule has 2 aromatic carbocycles. The van der Waals surface area contributed by atoms with Crippen LogP contribution in [0.1, 0.15) is 22.8 Å². The fourth-order valence-corrected chi connectivity index (χ4v) is 4.33. The maximum absolute atomic E-state index is 12.3. The highest BCUT2D eigenvalue weighted by Gasteiger charge is 2.22. The molecule has 1 saturated heterocycles. The van der Waals surface area contributed by atoms with E-state index in [1.807, 2.05) is 49.4 Å². The first-order valence-corrected chi connectivity index (χ1v) is 10.6. The van der Waals surface area contributed by atoms with Crippen molar-refractivity contribution in [2.24, 2.45) is 0 Å². The Balaban J connectivity index is 1.48. The van der Waals surface area contributed by atoms with Crippen molar-refractivity contribution >= 4 is 10.0 Å². The van der Waals surface area contributed by atoms with Crippen LogP contribution in [-0.4, -0.2) is 46.1 Å². The molecule has 140 valence electrons. The predicted octanol–water partition coefficient (Wildman–Crippen LogP) is 2.49. The van der Waals surface area contributed by atoms with Gasteiger partial charge < -0.3 is 4.74 Å². The van der Waals surface area contributed by atoms with Crippen molar-refractivity contribution in [3.8, 4) is 0 Å². The zero-order valence-corrected chi connectivity index (χ0v) is 15.9. The zero-order valence-electron chi connectivity index (χ0n) is 15.1. The van der Waals surface area contributed by atoms with Crippen LogP contribution in [0.3, 0.4) is 0 Å². The molecule has 1 atom stereocenters. The molecule has 0 bridgehead atoms. The lowest BCUT2D eigenvalue weighted by Gasteiger charge is -2.33. The first kappa shape index (κ1) is 19.0. The average Bonchev–Trinajstić information content (AvgIpc) is 2.62. The van der Waals surface area contributed by atoms with Gasteiger partial charge in [0.2, 0.25) is 10.0 Å². The zero-order chi connectivity index (χ0) is 18.4. The molecular weight excluding hydrogens is 348 g/mol. The molecule has 0 aliphatic carbocycles. The van der Waals surface area contributed by atoms with Gasteiger partial charge in [-0.05, 0) is 18.1 Å². The van der Waals surface area contributed by atoms with E-state index in [1.165, 1.54) is 0 Å². The second-order valence-corrected chi connectivity index (χ2v) is 8.52. The molecule has 1 heterocycles. The van der Waals surface area contributed by atoms with Crippen LogP contribution in [0.15, 0.2) is 54.6 Å². The summed E-state index contributed by atoms with van der Waals surface area (Å²) in [5.41, 5.74) is 3.04. The third-order valence-electron chi connectivity index (χ3n) is 4.51. The van der Waals surface area contributed by atoms with E-state index in [0.29, 0.717) is 19.7 Å².